The average Bonchev–Trinajstić information content (AvgIpc) is 2.76. The molecule has 18 heavy (non-hydrogen) atoms. The number of alkyl halides is 2. The highest BCUT2D eigenvalue weighted by Gasteiger charge is 2.69. The number of nitrogens with one attached hydrogen (secondary N) is 1. The van der Waals surface area contributed by atoms with Crippen molar-refractivity contribution in [3.8, 4) is 6.07 Å². The smallest absolute Gasteiger partial charge is 0.315 e. The topological polar surface area (TPSA) is 91.0 Å². The van der Waals surface area contributed by atoms with E-state index in [0.717, 1.165) is 0 Å². The Morgan fingerprint density at radius 3 is 2.39 bits per heavy atom. The molecule has 1 rings (SSSR count). The fourth-order valence-electron chi connectivity index (χ4n) is 1.41. The number of ether oxygens (including phenoxy) is 1. The van der Waals surface area contributed by atoms with Gasteiger partial charge in [-0.05, 0) is 13.8 Å². The van der Waals surface area contributed by atoms with Gasteiger partial charge in [-0.25, -0.2) is 0 Å². The molecule has 1 N–H and O–H groups in total. The summed E-state index contributed by atoms with van der Waals surface area (Å²) >= 11 is 11.6. The van der Waals surface area contributed by atoms with Crippen LogP contribution in [0.2, 0.25) is 0 Å². The Bertz CT molecular complexity index is 456. The molecule has 98 valence electrons. The molecule has 7 heteroatoms. The number of hydrogen-bond donors (Lipinski definition) is 1. The van der Waals surface area contributed by atoms with Gasteiger partial charge in [-0.3, -0.25) is 9.59 Å². The molecule has 2 atom stereocenters. The maximum absolute atomic E-state index is 11.6. The molecule has 0 aromatic carbocycles. The Balaban J connectivity index is 2.53. The second kappa shape index (κ2) is 4.87. The lowest BCUT2D eigenvalue weighted by molar-refractivity contribution is -0.153. The molecule has 0 amide bonds. The maximum atomic E-state index is 11.6. The number of ketones is 1. The van der Waals surface area contributed by atoms with E-state index in [9.17, 15) is 9.59 Å². The molecule has 0 aromatic rings. The van der Waals surface area contributed by atoms with Crippen LogP contribution in [0.5, 0.6) is 0 Å². The first-order chi connectivity index (χ1) is 8.15. The average molecular weight is 291 g/mol. The summed E-state index contributed by atoms with van der Waals surface area (Å²) in [6, 6.07) is 1.68. The van der Waals surface area contributed by atoms with Crippen molar-refractivity contribution in [3.05, 3.63) is 0 Å². The molecule has 1 aliphatic rings. The van der Waals surface area contributed by atoms with Crippen molar-refractivity contribution >= 4 is 40.7 Å². The Morgan fingerprint density at radius 2 is 2.06 bits per heavy atom. The standard InChI is InChI=1S/C11H12Cl2N2O3/c1-6(15)7(3-14)8(16)4-18-9(17)10(2)5-11(10,12)13/h7,15H,4-5H2,1-2H3/t7?,10-/m0/s1. The van der Waals surface area contributed by atoms with E-state index < -0.39 is 34.0 Å². The van der Waals surface area contributed by atoms with Crippen molar-refractivity contribution in [2.45, 2.75) is 24.6 Å². The summed E-state index contributed by atoms with van der Waals surface area (Å²) in [5.41, 5.74) is -1.08. The predicted molar refractivity (Wildman–Crippen MR) is 65.6 cm³/mol. The first kappa shape index (κ1) is 14.9. The highest BCUT2D eigenvalue weighted by molar-refractivity contribution is 6.53. The first-order valence-electron chi connectivity index (χ1n) is 5.18. The number of hydrogen-bond acceptors (Lipinski definition) is 5. The number of nitrogens with zero attached hydrogens (tertiary/aromatic N) is 1. The molecule has 0 aliphatic heterocycles. The quantitative estimate of drug-likeness (QED) is 0.475. The molecular formula is C11H12Cl2N2O3. The van der Waals surface area contributed by atoms with E-state index in [2.05, 4.69) is 0 Å². The zero-order valence-electron chi connectivity index (χ0n) is 9.92. The van der Waals surface area contributed by atoms with Gasteiger partial charge in [0, 0.05) is 12.1 Å². The maximum Gasteiger partial charge on any atom is 0.315 e. The molecule has 0 spiro atoms. The van der Waals surface area contributed by atoms with Gasteiger partial charge in [-0.1, -0.05) is 0 Å². The number of esters is 1. The van der Waals surface area contributed by atoms with Crippen LogP contribution in [0.3, 0.4) is 0 Å². The van der Waals surface area contributed by atoms with Gasteiger partial charge in [0.1, 0.15) is 15.7 Å². The summed E-state index contributed by atoms with van der Waals surface area (Å²) in [6.07, 6.45) is 0.265. The number of Topliss-reactive ketones (excluding diaryl/α,β-unsaturated/α-hetero) is 1. The van der Waals surface area contributed by atoms with Crippen LogP contribution in [0.15, 0.2) is 0 Å². The fraction of sp³-hybridized carbons (Fsp3) is 0.636. The van der Waals surface area contributed by atoms with Crippen molar-refractivity contribution in [3.63, 3.8) is 0 Å². The van der Waals surface area contributed by atoms with Crippen molar-refractivity contribution < 1.29 is 14.3 Å². The number of nitriles is 1. The summed E-state index contributed by atoms with van der Waals surface area (Å²) in [6.45, 7) is 2.34. The third kappa shape index (κ3) is 2.65. The number of halogens is 2. The largest absolute Gasteiger partial charge is 0.457 e. The van der Waals surface area contributed by atoms with Gasteiger partial charge in [0.2, 0.25) is 0 Å². The van der Waals surface area contributed by atoms with E-state index >= 15 is 0 Å². The van der Waals surface area contributed by atoms with Gasteiger partial charge in [0.15, 0.2) is 12.4 Å². The van der Waals surface area contributed by atoms with Crippen molar-refractivity contribution in [2.75, 3.05) is 6.61 Å². The molecule has 0 saturated heterocycles. The van der Waals surface area contributed by atoms with Crippen LogP contribution in [0.4, 0.5) is 0 Å². The summed E-state index contributed by atoms with van der Waals surface area (Å²) in [5.74, 6) is -2.47. The highest BCUT2D eigenvalue weighted by atomic mass is 35.5. The lowest BCUT2D eigenvalue weighted by atomic mass is 10.0. The summed E-state index contributed by atoms with van der Waals surface area (Å²) in [5, 5.41) is 15.9. The molecule has 1 unspecified atom stereocenters. The minimum absolute atomic E-state index is 0.0831. The minimum atomic E-state index is -1.18. The van der Waals surface area contributed by atoms with Crippen molar-refractivity contribution in [1.82, 2.24) is 0 Å². The highest BCUT2D eigenvalue weighted by Crippen LogP contribution is 2.64. The molecular weight excluding hydrogens is 279 g/mol. The molecule has 0 aromatic heterocycles. The number of rotatable bonds is 5. The van der Waals surface area contributed by atoms with Crippen LogP contribution < -0.4 is 0 Å². The molecule has 0 radical (unpaired) electrons. The summed E-state index contributed by atoms with van der Waals surface area (Å²) in [4.78, 5) is 23.2. The van der Waals surface area contributed by atoms with Gasteiger partial charge < -0.3 is 10.1 Å². The normalized spacial score (nSPS) is 25.7. The van der Waals surface area contributed by atoms with Crippen LogP contribution in [0, 0.1) is 28.1 Å². The van der Waals surface area contributed by atoms with E-state index in [1.165, 1.54) is 6.92 Å². The van der Waals surface area contributed by atoms with Gasteiger partial charge in [0.25, 0.3) is 0 Å². The lowest BCUT2D eigenvalue weighted by Gasteiger charge is -2.12. The second-order valence-corrected chi connectivity index (χ2v) is 5.98. The van der Waals surface area contributed by atoms with Gasteiger partial charge in [0.05, 0.1) is 6.07 Å². The number of carbonyl (C=O) groups is 2. The van der Waals surface area contributed by atoms with Gasteiger partial charge in [-0.2, -0.15) is 5.26 Å². The summed E-state index contributed by atoms with van der Waals surface area (Å²) in [7, 11) is 0. The van der Waals surface area contributed by atoms with Crippen molar-refractivity contribution in [1.29, 1.82) is 10.7 Å². The van der Waals surface area contributed by atoms with Gasteiger partial charge >= 0.3 is 5.97 Å². The molecule has 1 aliphatic carbocycles. The zero-order valence-corrected chi connectivity index (χ0v) is 11.4. The first-order valence-corrected chi connectivity index (χ1v) is 5.94. The van der Waals surface area contributed by atoms with E-state index in [1.54, 1.807) is 13.0 Å². The van der Waals surface area contributed by atoms with Gasteiger partial charge in [-0.15, -0.1) is 23.2 Å². The van der Waals surface area contributed by atoms with E-state index in [-0.39, 0.29) is 12.1 Å². The molecule has 1 fully saturated rings. The molecule has 0 bridgehead atoms. The zero-order chi connectivity index (χ0) is 14.1. The fourth-order valence-corrected chi connectivity index (χ4v) is 2.10. The van der Waals surface area contributed by atoms with E-state index in [0.29, 0.717) is 0 Å². The monoisotopic (exact) mass is 290 g/mol. The Labute approximate surface area is 115 Å². The molecule has 0 heterocycles. The van der Waals surface area contributed by atoms with Crippen molar-refractivity contribution in [2.24, 2.45) is 11.3 Å². The molecule has 1 saturated carbocycles. The second-order valence-electron chi connectivity index (χ2n) is 4.50. The summed E-state index contributed by atoms with van der Waals surface area (Å²) < 4.78 is 3.64. The number of carbonyl (C=O) groups excluding carboxylic acids is 2. The Hall–Kier alpha value is -1.12. The predicted octanol–water partition coefficient (Wildman–Crippen LogP) is 1.86. The third-order valence-corrected chi connectivity index (χ3v) is 4.04. The van der Waals surface area contributed by atoms with Crippen LogP contribution in [-0.2, 0) is 14.3 Å². The van der Waals surface area contributed by atoms with Crippen LogP contribution in [-0.4, -0.2) is 28.4 Å². The minimum Gasteiger partial charge on any atom is -0.457 e. The third-order valence-electron chi connectivity index (χ3n) is 2.94. The van der Waals surface area contributed by atoms with Crippen LogP contribution in [0.25, 0.3) is 0 Å². The SMILES string of the molecule is CC(=N)C(C#N)C(=O)COC(=O)[C@]1(C)CC1(Cl)Cl. The van der Waals surface area contributed by atoms with Crippen LogP contribution in [0.1, 0.15) is 20.3 Å². The molecule has 5 nitrogen and oxygen atoms in total. The van der Waals surface area contributed by atoms with E-state index in [1.807, 2.05) is 0 Å². The lowest BCUT2D eigenvalue weighted by Crippen LogP contribution is -2.29. The Morgan fingerprint density at radius 1 is 1.56 bits per heavy atom. The van der Waals surface area contributed by atoms with Crippen LogP contribution >= 0.6 is 23.2 Å². The Kier molecular flexibility index (Phi) is 4.04. The van der Waals surface area contributed by atoms with E-state index in [4.69, 9.17) is 38.6 Å².